The van der Waals surface area contributed by atoms with Crippen molar-refractivity contribution in [1.29, 1.82) is 0 Å². The van der Waals surface area contributed by atoms with E-state index in [-0.39, 0.29) is 0 Å². The van der Waals surface area contributed by atoms with Crippen LogP contribution in [0.1, 0.15) is 12.5 Å². The van der Waals surface area contributed by atoms with Crippen LogP contribution < -0.4 is 10.2 Å². The number of anilines is 1. The van der Waals surface area contributed by atoms with Crippen LogP contribution in [-0.4, -0.2) is 26.3 Å². The van der Waals surface area contributed by atoms with Crippen molar-refractivity contribution in [3.05, 3.63) is 28.8 Å². The maximum atomic E-state index is 12.4. The second kappa shape index (κ2) is 6.29. The molecule has 0 spiro atoms. The van der Waals surface area contributed by atoms with Crippen molar-refractivity contribution in [2.45, 2.75) is 19.6 Å². The van der Waals surface area contributed by atoms with Crippen LogP contribution in [0.5, 0.6) is 0 Å². The molecule has 6 heteroatoms. The highest BCUT2D eigenvalue weighted by Gasteiger charge is 2.30. The van der Waals surface area contributed by atoms with E-state index in [0.717, 1.165) is 17.0 Å². The Morgan fingerprint density at radius 2 is 2.00 bits per heavy atom. The zero-order valence-corrected chi connectivity index (χ0v) is 11.1. The fourth-order valence-corrected chi connectivity index (χ4v) is 2.08. The summed E-state index contributed by atoms with van der Waals surface area (Å²) in [7, 11) is 1.39. The standard InChI is InChI=1S/C12H16ClF3N2/c1-3-17-7-9-5-4-6-10(13)11(9)18(2)8-12(14,15)16/h4-6,17H,3,7-8H2,1-2H3. The van der Waals surface area contributed by atoms with Gasteiger partial charge in [0.25, 0.3) is 0 Å². The summed E-state index contributed by atoms with van der Waals surface area (Å²) >= 11 is 6.00. The molecule has 0 saturated heterocycles. The Labute approximate surface area is 110 Å². The molecule has 18 heavy (non-hydrogen) atoms. The molecule has 0 fully saturated rings. The van der Waals surface area contributed by atoms with Gasteiger partial charge in [0.15, 0.2) is 0 Å². The number of halogens is 4. The number of para-hydroxylation sites is 1. The summed E-state index contributed by atoms with van der Waals surface area (Å²) < 4.78 is 37.2. The van der Waals surface area contributed by atoms with Crippen molar-refractivity contribution in [1.82, 2.24) is 5.32 Å². The van der Waals surface area contributed by atoms with Crippen LogP contribution in [0.25, 0.3) is 0 Å². The van der Waals surface area contributed by atoms with Crippen molar-refractivity contribution >= 4 is 17.3 Å². The lowest BCUT2D eigenvalue weighted by Gasteiger charge is -2.25. The second-order valence-corrected chi connectivity index (χ2v) is 4.41. The lowest BCUT2D eigenvalue weighted by Crippen LogP contribution is -2.32. The molecule has 0 radical (unpaired) electrons. The Kier molecular flexibility index (Phi) is 5.28. The van der Waals surface area contributed by atoms with Crippen molar-refractivity contribution in [3.8, 4) is 0 Å². The van der Waals surface area contributed by atoms with E-state index < -0.39 is 12.7 Å². The van der Waals surface area contributed by atoms with Crippen LogP contribution in [0.15, 0.2) is 18.2 Å². The summed E-state index contributed by atoms with van der Waals surface area (Å²) in [4.78, 5) is 1.13. The zero-order valence-electron chi connectivity index (χ0n) is 10.3. The van der Waals surface area contributed by atoms with E-state index in [0.29, 0.717) is 17.3 Å². The molecule has 1 rings (SSSR count). The Hall–Kier alpha value is -0.940. The fraction of sp³-hybridized carbons (Fsp3) is 0.500. The van der Waals surface area contributed by atoms with E-state index in [1.54, 1.807) is 18.2 Å². The normalized spacial score (nSPS) is 11.7. The highest BCUT2D eigenvalue weighted by atomic mass is 35.5. The minimum Gasteiger partial charge on any atom is -0.364 e. The third kappa shape index (κ3) is 4.38. The number of hydrogen-bond donors (Lipinski definition) is 1. The van der Waals surface area contributed by atoms with Gasteiger partial charge in [-0.3, -0.25) is 0 Å². The van der Waals surface area contributed by atoms with E-state index >= 15 is 0 Å². The minimum atomic E-state index is -4.25. The predicted molar refractivity (Wildman–Crippen MR) is 68.2 cm³/mol. The summed E-state index contributed by atoms with van der Waals surface area (Å²) in [6.07, 6.45) is -4.25. The average Bonchev–Trinajstić information content (AvgIpc) is 2.23. The van der Waals surface area contributed by atoms with Crippen LogP contribution in [0.3, 0.4) is 0 Å². The van der Waals surface area contributed by atoms with Crippen LogP contribution in [0, 0.1) is 0 Å². The highest BCUT2D eigenvalue weighted by Crippen LogP contribution is 2.31. The molecule has 0 heterocycles. The molecule has 0 atom stereocenters. The molecule has 0 amide bonds. The topological polar surface area (TPSA) is 15.3 Å². The lowest BCUT2D eigenvalue weighted by atomic mass is 10.1. The highest BCUT2D eigenvalue weighted by molar-refractivity contribution is 6.33. The molecular weight excluding hydrogens is 265 g/mol. The summed E-state index contributed by atoms with van der Waals surface area (Å²) in [6, 6.07) is 5.11. The SMILES string of the molecule is CCNCc1cccc(Cl)c1N(C)CC(F)(F)F. The van der Waals surface area contributed by atoms with Gasteiger partial charge >= 0.3 is 6.18 Å². The molecule has 0 aliphatic carbocycles. The predicted octanol–water partition coefficient (Wildman–Crippen LogP) is 3.45. The maximum absolute atomic E-state index is 12.4. The molecule has 0 bridgehead atoms. The van der Waals surface area contributed by atoms with Crippen molar-refractivity contribution in [2.75, 3.05) is 25.0 Å². The molecule has 0 aromatic heterocycles. The van der Waals surface area contributed by atoms with Crippen LogP contribution in [0.4, 0.5) is 18.9 Å². The average molecular weight is 281 g/mol. The molecule has 102 valence electrons. The van der Waals surface area contributed by atoms with Gasteiger partial charge in [0.05, 0.1) is 10.7 Å². The number of benzene rings is 1. The molecule has 1 aromatic rings. The minimum absolute atomic E-state index is 0.331. The van der Waals surface area contributed by atoms with Gasteiger partial charge in [-0.05, 0) is 18.2 Å². The number of rotatable bonds is 5. The quantitative estimate of drug-likeness (QED) is 0.889. The number of hydrogen-bond acceptors (Lipinski definition) is 2. The van der Waals surface area contributed by atoms with Gasteiger partial charge in [-0.15, -0.1) is 0 Å². The molecule has 0 saturated carbocycles. The van der Waals surface area contributed by atoms with Crippen LogP contribution in [-0.2, 0) is 6.54 Å². The number of nitrogens with zero attached hydrogens (tertiary/aromatic N) is 1. The van der Waals surface area contributed by atoms with Crippen LogP contribution >= 0.6 is 11.6 Å². The second-order valence-electron chi connectivity index (χ2n) is 4.00. The Morgan fingerprint density at radius 1 is 1.33 bits per heavy atom. The monoisotopic (exact) mass is 280 g/mol. The summed E-state index contributed by atoms with van der Waals surface area (Å²) in [5, 5.41) is 3.41. The van der Waals surface area contributed by atoms with Gasteiger partial charge < -0.3 is 10.2 Å². The lowest BCUT2D eigenvalue weighted by molar-refractivity contribution is -0.119. The van der Waals surface area contributed by atoms with E-state index in [4.69, 9.17) is 11.6 Å². The molecule has 2 nitrogen and oxygen atoms in total. The first-order valence-electron chi connectivity index (χ1n) is 5.61. The summed E-state index contributed by atoms with van der Waals surface area (Å²) in [6.45, 7) is 2.16. The molecule has 0 aliphatic heterocycles. The smallest absolute Gasteiger partial charge is 0.364 e. The number of alkyl halides is 3. The Balaban J connectivity index is 2.97. The first kappa shape index (κ1) is 15.1. The first-order chi connectivity index (χ1) is 8.35. The van der Waals surface area contributed by atoms with Crippen molar-refractivity contribution in [3.63, 3.8) is 0 Å². The molecular formula is C12H16ClF3N2. The zero-order chi connectivity index (χ0) is 13.8. The van der Waals surface area contributed by atoms with E-state index in [9.17, 15) is 13.2 Å². The number of nitrogens with one attached hydrogen (secondary N) is 1. The third-order valence-electron chi connectivity index (χ3n) is 2.43. The molecule has 1 N–H and O–H groups in total. The van der Waals surface area contributed by atoms with Crippen LogP contribution in [0.2, 0.25) is 5.02 Å². The largest absolute Gasteiger partial charge is 0.405 e. The van der Waals surface area contributed by atoms with Crippen molar-refractivity contribution in [2.24, 2.45) is 0 Å². The molecule has 1 aromatic carbocycles. The van der Waals surface area contributed by atoms with E-state index in [2.05, 4.69) is 5.32 Å². The van der Waals surface area contributed by atoms with Gasteiger partial charge in [-0.1, -0.05) is 30.7 Å². The van der Waals surface area contributed by atoms with Gasteiger partial charge in [-0.2, -0.15) is 13.2 Å². The summed E-state index contributed by atoms with van der Waals surface area (Å²) in [5.74, 6) is 0. The summed E-state index contributed by atoms with van der Waals surface area (Å²) in [5.41, 5.74) is 1.19. The molecule has 0 aliphatic rings. The van der Waals surface area contributed by atoms with E-state index in [1.807, 2.05) is 6.92 Å². The Bertz CT molecular complexity index is 393. The first-order valence-corrected chi connectivity index (χ1v) is 5.99. The van der Waals surface area contributed by atoms with Gasteiger partial charge in [0, 0.05) is 13.6 Å². The fourth-order valence-electron chi connectivity index (χ4n) is 1.74. The van der Waals surface area contributed by atoms with Gasteiger partial charge in [0.2, 0.25) is 0 Å². The Morgan fingerprint density at radius 3 is 2.56 bits per heavy atom. The van der Waals surface area contributed by atoms with E-state index in [1.165, 1.54) is 7.05 Å². The van der Waals surface area contributed by atoms with Crippen molar-refractivity contribution < 1.29 is 13.2 Å². The van der Waals surface area contributed by atoms with Gasteiger partial charge in [-0.25, -0.2) is 0 Å². The maximum Gasteiger partial charge on any atom is 0.405 e. The van der Waals surface area contributed by atoms with Gasteiger partial charge in [0.1, 0.15) is 6.54 Å². The molecule has 0 unspecified atom stereocenters. The third-order valence-corrected chi connectivity index (χ3v) is 2.74.